The molecule has 0 aliphatic heterocycles. The first-order valence-corrected chi connectivity index (χ1v) is 12.3. The largest absolute Gasteiger partial charge is 0.508 e. The molecular weight excluding hydrogens is 460 g/mol. The number of ether oxygens (including phenoxy) is 2. The minimum atomic E-state index is -0.395. The monoisotopic (exact) mass is 492 g/mol. The van der Waals surface area contributed by atoms with Gasteiger partial charge in [0.25, 0.3) is 0 Å². The molecule has 0 atom stereocenters. The molecule has 0 unspecified atom stereocenters. The number of esters is 2. The Morgan fingerprint density at radius 2 is 1.11 bits per heavy atom. The summed E-state index contributed by atoms with van der Waals surface area (Å²) in [5.41, 5.74) is 4.31. The Hall–Kier alpha value is -3.94. The van der Waals surface area contributed by atoms with Gasteiger partial charge >= 0.3 is 11.9 Å². The van der Waals surface area contributed by atoms with E-state index in [0.717, 1.165) is 35.3 Å². The van der Waals surface area contributed by atoms with Crippen LogP contribution in [0, 0.1) is 13.8 Å². The van der Waals surface area contributed by atoms with Gasteiger partial charge in [-0.2, -0.15) is 0 Å². The Morgan fingerprint density at radius 3 is 1.47 bits per heavy atom. The molecule has 0 saturated heterocycles. The number of aryl methyl sites for hydroxylation is 2. The highest BCUT2D eigenvalue weighted by atomic mass is 16.5. The SMILES string of the molecule is CCOC(=O)c1c(C)n(CCCCn2c(C)c(C(=O)OCC)c3cc(O)ccc32)c2ccc(O)cc12. The molecule has 0 amide bonds. The van der Waals surface area contributed by atoms with Gasteiger partial charge in [-0.25, -0.2) is 9.59 Å². The number of phenolic OH excluding ortho intramolecular Hbond substituents is 2. The number of hydrogen-bond acceptors (Lipinski definition) is 6. The molecule has 8 heteroatoms. The molecule has 8 nitrogen and oxygen atoms in total. The second-order valence-electron chi connectivity index (χ2n) is 8.78. The van der Waals surface area contributed by atoms with Crippen LogP contribution in [0.2, 0.25) is 0 Å². The van der Waals surface area contributed by atoms with Crippen molar-refractivity contribution in [2.24, 2.45) is 0 Å². The predicted octanol–water partition coefficient (Wildman–Crippen LogP) is 5.46. The number of carbonyl (C=O) groups excluding carboxylic acids is 2. The molecule has 2 heterocycles. The van der Waals surface area contributed by atoms with E-state index in [0.29, 0.717) is 35.0 Å². The molecule has 0 aliphatic carbocycles. The van der Waals surface area contributed by atoms with E-state index in [4.69, 9.17) is 9.47 Å². The maximum absolute atomic E-state index is 12.6. The van der Waals surface area contributed by atoms with E-state index in [1.54, 1.807) is 38.1 Å². The van der Waals surface area contributed by atoms with Crippen LogP contribution in [0.5, 0.6) is 11.5 Å². The number of hydrogen-bond donors (Lipinski definition) is 2. The summed E-state index contributed by atoms with van der Waals surface area (Å²) in [7, 11) is 0. The van der Waals surface area contributed by atoms with E-state index in [9.17, 15) is 19.8 Å². The number of phenols is 2. The Morgan fingerprint density at radius 1 is 0.722 bits per heavy atom. The number of benzene rings is 2. The van der Waals surface area contributed by atoms with Crippen LogP contribution in [0.3, 0.4) is 0 Å². The van der Waals surface area contributed by atoms with E-state index in [1.165, 1.54) is 0 Å². The summed E-state index contributed by atoms with van der Waals surface area (Å²) in [6, 6.07) is 10.1. The van der Waals surface area contributed by atoms with Crippen LogP contribution in [0.15, 0.2) is 36.4 Å². The zero-order chi connectivity index (χ0) is 26.0. The molecule has 2 N–H and O–H groups in total. The standard InChI is InChI=1S/C28H32N2O6/c1-5-35-27(33)25-17(3)29(23-11-9-19(31)15-21(23)25)13-7-8-14-30-18(4)26(28(34)36-6-2)22-16-20(32)10-12-24(22)30/h9-12,15-16,31-32H,5-8,13-14H2,1-4H3. The van der Waals surface area contributed by atoms with Gasteiger partial charge < -0.3 is 28.8 Å². The van der Waals surface area contributed by atoms with Gasteiger partial charge in [0.1, 0.15) is 11.5 Å². The van der Waals surface area contributed by atoms with Gasteiger partial charge in [0.15, 0.2) is 0 Å². The number of unbranched alkanes of at least 4 members (excludes halogenated alkanes) is 1. The fourth-order valence-corrected chi connectivity index (χ4v) is 4.98. The zero-order valence-electron chi connectivity index (χ0n) is 21.1. The predicted molar refractivity (Wildman–Crippen MR) is 138 cm³/mol. The van der Waals surface area contributed by atoms with E-state index in [2.05, 4.69) is 9.13 Å². The topological polar surface area (TPSA) is 103 Å². The number of rotatable bonds is 9. The van der Waals surface area contributed by atoms with Crippen molar-refractivity contribution in [3.63, 3.8) is 0 Å². The molecule has 2 aromatic heterocycles. The maximum atomic E-state index is 12.6. The third-order valence-corrected chi connectivity index (χ3v) is 6.59. The smallest absolute Gasteiger partial charge is 0.340 e. The number of aromatic hydroxyl groups is 2. The van der Waals surface area contributed by atoms with Crippen molar-refractivity contribution in [3.8, 4) is 11.5 Å². The van der Waals surface area contributed by atoms with E-state index in [1.807, 2.05) is 26.0 Å². The van der Waals surface area contributed by atoms with Crippen LogP contribution < -0.4 is 0 Å². The quantitative estimate of drug-likeness (QED) is 0.238. The minimum Gasteiger partial charge on any atom is -0.508 e. The van der Waals surface area contributed by atoms with Gasteiger partial charge in [-0.05, 0) is 76.9 Å². The average Bonchev–Trinajstić information content (AvgIpc) is 3.26. The second-order valence-corrected chi connectivity index (χ2v) is 8.78. The number of fused-ring (bicyclic) bond motifs is 2. The lowest BCUT2D eigenvalue weighted by Gasteiger charge is -2.11. The van der Waals surface area contributed by atoms with E-state index < -0.39 is 11.9 Å². The first-order chi connectivity index (χ1) is 17.3. The molecule has 0 radical (unpaired) electrons. The molecule has 0 spiro atoms. The Kier molecular flexibility index (Phi) is 7.24. The van der Waals surface area contributed by atoms with Crippen LogP contribution in [0.1, 0.15) is 58.8 Å². The highest BCUT2D eigenvalue weighted by Crippen LogP contribution is 2.32. The number of aromatic nitrogens is 2. The van der Waals surface area contributed by atoms with Crippen molar-refractivity contribution in [2.45, 2.75) is 53.6 Å². The summed E-state index contributed by atoms with van der Waals surface area (Å²) in [6.45, 7) is 9.23. The second kappa shape index (κ2) is 10.4. The van der Waals surface area contributed by atoms with E-state index >= 15 is 0 Å². The van der Waals surface area contributed by atoms with Gasteiger partial charge in [0, 0.05) is 46.3 Å². The lowest BCUT2D eigenvalue weighted by molar-refractivity contribution is 0.0517. The van der Waals surface area contributed by atoms with Crippen molar-refractivity contribution < 1.29 is 29.3 Å². The molecule has 36 heavy (non-hydrogen) atoms. The van der Waals surface area contributed by atoms with Gasteiger partial charge in [0.05, 0.1) is 24.3 Å². The minimum absolute atomic E-state index is 0.101. The van der Waals surface area contributed by atoms with Crippen molar-refractivity contribution in [2.75, 3.05) is 13.2 Å². The summed E-state index contributed by atoms with van der Waals surface area (Å²) < 4.78 is 14.7. The van der Waals surface area contributed by atoms with Crippen LogP contribution in [0.4, 0.5) is 0 Å². The molecular formula is C28H32N2O6. The molecule has 0 saturated carbocycles. The summed E-state index contributed by atoms with van der Waals surface area (Å²) >= 11 is 0. The molecule has 4 rings (SSSR count). The van der Waals surface area contributed by atoms with Gasteiger partial charge in [-0.1, -0.05) is 0 Å². The summed E-state index contributed by atoms with van der Waals surface area (Å²) in [6.07, 6.45) is 1.64. The highest BCUT2D eigenvalue weighted by molar-refractivity contribution is 6.07. The maximum Gasteiger partial charge on any atom is 0.340 e. The van der Waals surface area contributed by atoms with Crippen molar-refractivity contribution in [1.29, 1.82) is 0 Å². The highest BCUT2D eigenvalue weighted by Gasteiger charge is 2.23. The fraction of sp³-hybridized carbons (Fsp3) is 0.357. The van der Waals surface area contributed by atoms with Gasteiger partial charge in [0.2, 0.25) is 0 Å². The Bertz CT molecular complexity index is 1340. The molecule has 2 aromatic carbocycles. The first-order valence-electron chi connectivity index (χ1n) is 12.3. The molecule has 0 bridgehead atoms. The Balaban J connectivity index is 1.58. The van der Waals surface area contributed by atoms with Crippen molar-refractivity contribution in [1.82, 2.24) is 9.13 Å². The lowest BCUT2D eigenvalue weighted by atomic mass is 10.1. The molecule has 190 valence electrons. The molecule has 0 aliphatic rings. The lowest BCUT2D eigenvalue weighted by Crippen LogP contribution is -2.09. The van der Waals surface area contributed by atoms with Crippen LogP contribution in [-0.4, -0.2) is 44.5 Å². The van der Waals surface area contributed by atoms with E-state index in [-0.39, 0.29) is 24.7 Å². The zero-order valence-corrected chi connectivity index (χ0v) is 21.1. The third kappa shape index (κ3) is 4.51. The normalized spacial score (nSPS) is 11.3. The van der Waals surface area contributed by atoms with Crippen molar-refractivity contribution >= 4 is 33.7 Å². The van der Waals surface area contributed by atoms with Crippen LogP contribution in [0.25, 0.3) is 21.8 Å². The van der Waals surface area contributed by atoms with Gasteiger partial charge in [-0.15, -0.1) is 0 Å². The Labute approximate surface area is 209 Å². The molecule has 4 aromatic rings. The molecule has 0 fully saturated rings. The summed E-state index contributed by atoms with van der Waals surface area (Å²) in [5, 5.41) is 21.4. The first kappa shape index (κ1) is 25.2. The average molecular weight is 493 g/mol. The summed E-state index contributed by atoms with van der Waals surface area (Å²) in [4.78, 5) is 25.3. The summed E-state index contributed by atoms with van der Waals surface area (Å²) in [5.74, 6) is -0.589. The number of nitrogens with zero attached hydrogens (tertiary/aromatic N) is 2. The fourth-order valence-electron chi connectivity index (χ4n) is 4.98. The van der Waals surface area contributed by atoms with Crippen molar-refractivity contribution in [3.05, 3.63) is 58.9 Å². The van der Waals surface area contributed by atoms with Gasteiger partial charge in [-0.3, -0.25) is 0 Å². The third-order valence-electron chi connectivity index (χ3n) is 6.59. The number of carbonyl (C=O) groups is 2. The van der Waals surface area contributed by atoms with Crippen LogP contribution in [-0.2, 0) is 22.6 Å². The van der Waals surface area contributed by atoms with Crippen LogP contribution >= 0.6 is 0 Å².